The van der Waals surface area contributed by atoms with E-state index in [0.29, 0.717) is 12.3 Å². The van der Waals surface area contributed by atoms with E-state index in [0.717, 1.165) is 32.4 Å². The number of hydrogen-bond donors (Lipinski definition) is 2. The molecule has 2 amide bonds. The summed E-state index contributed by atoms with van der Waals surface area (Å²) in [5.41, 5.74) is 0. The van der Waals surface area contributed by atoms with Crippen molar-refractivity contribution < 1.29 is 14.7 Å². The zero-order chi connectivity index (χ0) is 13.1. The molecular weight excluding hydrogens is 232 g/mol. The lowest BCUT2D eigenvalue weighted by Crippen LogP contribution is -2.50. The highest BCUT2D eigenvalue weighted by Gasteiger charge is 2.35. The van der Waals surface area contributed by atoms with Crippen molar-refractivity contribution in [2.24, 2.45) is 11.8 Å². The first-order valence-corrected chi connectivity index (χ1v) is 6.86. The molecule has 2 N–H and O–H groups in total. The van der Waals surface area contributed by atoms with Gasteiger partial charge in [-0.1, -0.05) is 13.3 Å². The average Bonchev–Trinajstić information content (AvgIpc) is 2.77. The number of aliphatic carboxylic acids is 1. The van der Waals surface area contributed by atoms with Gasteiger partial charge in [0.2, 0.25) is 0 Å². The molecule has 1 aliphatic heterocycles. The molecule has 2 rings (SSSR count). The highest BCUT2D eigenvalue weighted by molar-refractivity contribution is 5.77. The predicted octanol–water partition coefficient (Wildman–Crippen LogP) is 1.68. The topological polar surface area (TPSA) is 69.6 Å². The average molecular weight is 254 g/mol. The molecule has 1 aliphatic carbocycles. The maximum absolute atomic E-state index is 12.1. The van der Waals surface area contributed by atoms with Gasteiger partial charge in [-0.2, -0.15) is 0 Å². The van der Waals surface area contributed by atoms with Gasteiger partial charge in [-0.05, 0) is 31.6 Å². The van der Waals surface area contributed by atoms with Crippen LogP contribution in [0.3, 0.4) is 0 Å². The van der Waals surface area contributed by atoms with Crippen molar-refractivity contribution in [3.8, 4) is 0 Å². The molecule has 1 heterocycles. The van der Waals surface area contributed by atoms with Crippen molar-refractivity contribution in [3.63, 3.8) is 0 Å². The summed E-state index contributed by atoms with van der Waals surface area (Å²) in [5.74, 6) is -0.649. The van der Waals surface area contributed by atoms with E-state index in [1.807, 2.05) is 4.90 Å². The second-order valence-corrected chi connectivity index (χ2v) is 5.63. The molecule has 0 aromatic rings. The first-order chi connectivity index (χ1) is 8.58. The number of rotatable bonds is 2. The number of carboxylic acid groups (broad SMARTS) is 1. The Labute approximate surface area is 108 Å². The van der Waals surface area contributed by atoms with E-state index in [1.54, 1.807) is 0 Å². The van der Waals surface area contributed by atoms with Gasteiger partial charge in [0, 0.05) is 19.1 Å². The fourth-order valence-corrected chi connectivity index (χ4v) is 3.05. The minimum absolute atomic E-state index is 0.0836. The van der Waals surface area contributed by atoms with Gasteiger partial charge in [-0.15, -0.1) is 0 Å². The van der Waals surface area contributed by atoms with Crippen molar-refractivity contribution in [3.05, 3.63) is 0 Å². The number of carbonyl (C=O) groups excluding carboxylic acids is 1. The van der Waals surface area contributed by atoms with E-state index >= 15 is 0 Å². The summed E-state index contributed by atoms with van der Waals surface area (Å²) < 4.78 is 0. The Hall–Kier alpha value is -1.26. The number of nitrogens with zero attached hydrogens (tertiary/aromatic N) is 1. The predicted molar refractivity (Wildman–Crippen MR) is 67.3 cm³/mol. The van der Waals surface area contributed by atoms with Crippen molar-refractivity contribution in [2.75, 3.05) is 13.1 Å². The summed E-state index contributed by atoms with van der Waals surface area (Å²) in [7, 11) is 0. The van der Waals surface area contributed by atoms with Crippen LogP contribution in [0.2, 0.25) is 0 Å². The highest BCUT2D eigenvalue weighted by Crippen LogP contribution is 2.26. The molecule has 0 aromatic carbocycles. The SMILES string of the molecule is CC1CCCN(C(=O)NC2CCCC2C(=O)O)C1. The van der Waals surface area contributed by atoms with E-state index in [2.05, 4.69) is 12.2 Å². The summed E-state index contributed by atoms with van der Waals surface area (Å²) >= 11 is 0. The minimum Gasteiger partial charge on any atom is -0.481 e. The Bertz CT molecular complexity index is 332. The Morgan fingerprint density at radius 1 is 1.22 bits per heavy atom. The zero-order valence-electron chi connectivity index (χ0n) is 10.9. The van der Waals surface area contributed by atoms with Gasteiger partial charge in [0.1, 0.15) is 0 Å². The number of hydrogen-bond acceptors (Lipinski definition) is 2. The largest absolute Gasteiger partial charge is 0.481 e. The number of carbonyl (C=O) groups is 2. The van der Waals surface area contributed by atoms with Gasteiger partial charge in [0.15, 0.2) is 0 Å². The van der Waals surface area contributed by atoms with E-state index in [1.165, 1.54) is 6.42 Å². The molecule has 1 saturated heterocycles. The summed E-state index contributed by atoms with van der Waals surface area (Å²) in [6.07, 6.45) is 4.56. The Morgan fingerprint density at radius 3 is 2.67 bits per heavy atom. The lowest BCUT2D eigenvalue weighted by Gasteiger charge is -2.32. The van der Waals surface area contributed by atoms with Crippen LogP contribution in [-0.2, 0) is 4.79 Å². The van der Waals surface area contributed by atoms with Crippen LogP contribution in [0.4, 0.5) is 4.79 Å². The van der Waals surface area contributed by atoms with Gasteiger partial charge in [0.25, 0.3) is 0 Å². The fraction of sp³-hybridized carbons (Fsp3) is 0.846. The van der Waals surface area contributed by atoms with Crippen LogP contribution in [0, 0.1) is 11.8 Å². The summed E-state index contributed by atoms with van der Waals surface area (Å²) in [6.45, 7) is 3.73. The van der Waals surface area contributed by atoms with Gasteiger partial charge < -0.3 is 15.3 Å². The molecule has 0 radical (unpaired) electrons. The molecule has 18 heavy (non-hydrogen) atoms. The third kappa shape index (κ3) is 2.94. The zero-order valence-corrected chi connectivity index (χ0v) is 10.9. The molecule has 2 aliphatic rings. The fourth-order valence-electron chi connectivity index (χ4n) is 3.05. The summed E-state index contributed by atoms with van der Waals surface area (Å²) in [4.78, 5) is 25.0. The molecule has 0 bridgehead atoms. The van der Waals surface area contributed by atoms with Crippen molar-refractivity contribution in [1.29, 1.82) is 0 Å². The van der Waals surface area contributed by atoms with Crippen LogP contribution in [-0.4, -0.2) is 41.1 Å². The molecule has 0 aromatic heterocycles. The molecular formula is C13H22N2O3. The lowest BCUT2D eigenvalue weighted by atomic mass is 10.0. The molecule has 5 heteroatoms. The molecule has 1 saturated carbocycles. The maximum atomic E-state index is 12.1. The molecule has 3 atom stereocenters. The van der Waals surface area contributed by atoms with Gasteiger partial charge in [-0.25, -0.2) is 4.79 Å². The second-order valence-electron chi connectivity index (χ2n) is 5.63. The normalized spacial score (nSPS) is 32.3. The summed E-state index contributed by atoms with van der Waals surface area (Å²) in [6, 6.07) is -0.271. The third-order valence-electron chi connectivity index (χ3n) is 4.09. The van der Waals surface area contributed by atoms with Crippen LogP contribution >= 0.6 is 0 Å². The van der Waals surface area contributed by atoms with Crippen molar-refractivity contribution in [1.82, 2.24) is 10.2 Å². The van der Waals surface area contributed by atoms with E-state index in [9.17, 15) is 9.59 Å². The molecule has 0 spiro atoms. The van der Waals surface area contributed by atoms with E-state index < -0.39 is 11.9 Å². The summed E-state index contributed by atoms with van der Waals surface area (Å²) in [5, 5.41) is 12.0. The van der Waals surface area contributed by atoms with E-state index in [4.69, 9.17) is 5.11 Å². The molecule has 5 nitrogen and oxygen atoms in total. The Kier molecular flexibility index (Phi) is 4.09. The van der Waals surface area contributed by atoms with Crippen LogP contribution in [0.15, 0.2) is 0 Å². The maximum Gasteiger partial charge on any atom is 0.317 e. The van der Waals surface area contributed by atoms with Crippen LogP contribution in [0.1, 0.15) is 39.0 Å². The van der Waals surface area contributed by atoms with Crippen LogP contribution < -0.4 is 5.32 Å². The second kappa shape index (κ2) is 5.59. The van der Waals surface area contributed by atoms with Crippen LogP contribution in [0.5, 0.6) is 0 Å². The number of likely N-dealkylation sites (tertiary alicyclic amines) is 1. The first-order valence-electron chi connectivity index (χ1n) is 6.86. The molecule has 102 valence electrons. The van der Waals surface area contributed by atoms with Crippen molar-refractivity contribution >= 4 is 12.0 Å². The number of nitrogens with one attached hydrogen (secondary N) is 1. The van der Waals surface area contributed by atoms with Crippen LogP contribution in [0.25, 0.3) is 0 Å². The Balaban J connectivity index is 1.88. The number of urea groups is 1. The third-order valence-corrected chi connectivity index (χ3v) is 4.09. The van der Waals surface area contributed by atoms with Gasteiger partial charge in [0.05, 0.1) is 5.92 Å². The van der Waals surface area contributed by atoms with Gasteiger partial charge >= 0.3 is 12.0 Å². The monoisotopic (exact) mass is 254 g/mol. The number of amides is 2. The molecule has 2 fully saturated rings. The van der Waals surface area contributed by atoms with Crippen molar-refractivity contribution in [2.45, 2.75) is 45.1 Å². The number of carboxylic acids is 1. The smallest absolute Gasteiger partial charge is 0.317 e. The van der Waals surface area contributed by atoms with Gasteiger partial charge in [-0.3, -0.25) is 4.79 Å². The first kappa shape index (κ1) is 13.2. The quantitative estimate of drug-likeness (QED) is 0.787. The van der Waals surface area contributed by atoms with E-state index in [-0.39, 0.29) is 12.1 Å². The highest BCUT2D eigenvalue weighted by atomic mass is 16.4. The minimum atomic E-state index is -0.787. The molecule has 3 unspecified atom stereocenters. The Morgan fingerprint density at radius 2 is 2.00 bits per heavy atom. The number of piperidine rings is 1. The standard InChI is InChI=1S/C13H22N2O3/c1-9-4-3-7-15(8-9)13(18)14-11-6-2-5-10(11)12(16)17/h9-11H,2-8H2,1H3,(H,14,18)(H,16,17). The lowest BCUT2D eigenvalue weighted by molar-refractivity contribution is -0.142.